The Bertz CT molecular complexity index is 982. The molecule has 0 amide bonds. The van der Waals surface area contributed by atoms with Gasteiger partial charge in [0.25, 0.3) is 0 Å². The van der Waals surface area contributed by atoms with Crippen molar-refractivity contribution in [3.8, 4) is 5.69 Å². The van der Waals surface area contributed by atoms with Crippen LogP contribution >= 0.6 is 11.3 Å². The molecule has 0 saturated carbocycles. The minimum atomic E-state index is -0.287. The Balaban J connectivity index is 2.11. The maximum absolute atomic E-state index is 11.8. The highest BCUT2D eigenvalue weighted by atomic mass is 32.1. The van der Waals surface area contributed by atoms with Crippen molar-refractivity contribution in [2.75, 3.05) is 7.11 Å². The number of nitrogens with zero attached hydrogens (tertiary/aromatic N) is 1. The topological polar surface area (TPSA) is 31.2 Å². The van der Waals surface area contributed by atoms with Gasteiger partial charge < -0.3 is 9.30 Å². The van der Waals surface area contributed by atoms with Gasteiger partial charge in [-0.2, -0.15) is 0 Å². The highest BCUT2D eigenvalue weighted by Crippen LogP contribution is 2.37. The Hall–Kier alpha value is -2.59. The number of aromatic nitrogens is 1. The molecule has 0 unspecified atom stereocenters. The van der Waals surface area contributed by atoms with Gasteiger partial charge in [0.2, 0.25) is 0 Å². The van der Waals surface area contributed by atoms with Crippen molar-refractivity contribution in [3.63, 3.8) is 0 Å². The smallest absolute Gasteiger partial charge is 0.348 e. The zero-order valence-corrected chi connectivity index (χ0v) is 12.8. The van der Waals surface area contributed by atoms with Crippen LogP contribution in [0.25, 0.3) is 26.8 Å². The summed E-state index contributed by atoms with van der Waals surface area (Å²) in [5.41, 5.74) is 2.23. The number of ether oxygens (including phenoxy) is 1. The molecular formula is C18H13NO2S. The standard InChI is InChI=1S/C18H13NO2S/c1-21-18(20)16-11-14-13-9-5-6-10-15(13)19(17(14)22-16)12-7-3-2-4-8-12/h2-11H,1H3. The summed E-state index contributed by atoms with van der Waals surface area (Å²) in [6.07, 6.45) is 0. The second kappa shape index (κ2) is 5.00. The molecule has 0 aliphatic rings. The Labute approximate surface area is 131 Å². The van der Waals surface area contributed by atoms with Gasteiger partial charge in [-0.05, 0) is 24.3 Å². The van der Waals surface area contributed by atoms with E-state index in [1.54, 1.807) is 0 Å². The third-order valence-electron chi connectivity index (χ3n) is 3.75. The molecule has 4 aromatic rings. The molecule has 0 saturated heterocycles. The first-order chi connectivity index (χ1) is 10.8. The molecule has 0 spiro atoms. The Morgan fingerprint density at radius 2 is 1.73 bits per heavy atom. The summed E-state index contributed by atoms with van der Waals surface area (Å²) in [5, 5.41) is 2.23. The van der Waals surface area contributed by atoms with Crippen molar-refractivity contribution in [1.82, 2.24) is 4.57 Å². The Kier molecular flexibility index (Phi) is 2.98. The molecule has 108 valence electrons. The zero-order valence-electron chi connectivity index (χ0n) is 11.9. The van der Waals surface area contributed by atoms with E-state index in [4.69, 9.17) is 4.74 Å². The lowest BCUT2D eigenvalue weighted by atomic mass is 10.2. The van der Waals surface area contributed by atoms with E-state index in [1.165, 1.54) is 18.4 Å². The van der Waals surface area contributed by atoms with Crippen molar-refractivity contribution in [1.29, 1.82) is 0 Å². The van der Waals surface area contributed by atoms with E-state index >= 15 is 0 Å². The highest BCUT2D eigenvalue weighted by Gasteiger charge is 2.18. The van der Waals surface area contributed by atoms with Crippen molar-refractivity contribution < 1.29 is 9.53 Å². The predicted molar refractivity (Wildman–Crippen MR) is 90.0 cm³/mol. The van der Waals surface area contributed by atoms with E-state index in [9.17, 15) is 4.79 Å². The minimum Gasteiger partial charge on any atom is -0.465 e. The van der Waals surface area contributed by atoms with Gasteiger partial charge in [0.05, 0.1) is 12.6 Å². The zero-order chi connectivity index (χ0) is 15.1. The molecule has 0 radical (unpaired) electrons. The number of methoxy groups -OCH3 is 1. The van der Waals surface area contributed by atoms with Gasteiger partial charge in [-0.3, -0.25) is 0 Å². The molecule has 22 heavy (non-hydrogen) atoms. The number of hydrogen-bond donors (Lipinski definition) is 0. The predicted octanol–water partition coefficient (Wildman–Crippen LogP) is 4.63. The molecule has 0 N–H and O–H groups in total. The van der Waals surface area contributed by atoms with E-state index in [2.05, 4.69) is 28.8 Å². The van der Waals surface area contributed by atoms with Gasteiger partial charge in [-0.1, -0.05) is 36.4 Å². The van der Waals surface area contributed by atoms with E-state index in [1.807, 2.05) is 36.4 Å². The molecule has 0 fully saturated rings. The van der Waals surface area contributed by atoms with Gasteiger partial charge in [-0.15, -0.1) is 11.3 Å². The van der Waals surface area contributed by atoms with Gasteiger partial charge in [0.1, 0.15) is 9.71 Å². The number of benzene rings is 2. The summed E-state index contributed by atoms with van der Waals surface area (Å²) in [6, 6.07) is 20.4. The van der Waals surface area contributed by atoms with E-state index in [0.717, 1.165) is 26.8 Å². The summed E-state index contributed by atoms with van der Waals surface area (Å²) in [5.74, 6) is -0.287. The van der Waals surface area contributed by atoms with Crippen molar-refractivity contribution in [3.05, 3.63) is 65.5 Å². The highest BCUT2D eigenvalue weighted by molar-refractivity contribution is 7.20. The molecule has 0 aliphatic carbocycles. The van der Waals surface area contributed by atoms with Crippen LogP contribution in [0.3, 0.4) is 0 Å². The SMILES string of the molecule is COC(=O)c1cc2c3ccccc3n(-c3ccccc3)c2s1. The van der Waals surface area contributed by atoms with Crippen LogP contribution < -0.4 is 0 Å². The third-order valence-corrected chi connectivity index (χ3v) is 4.85. The second-order valence-electron chi connectivity index (χ2n) is 5.01. The van der Waals surface area contributed by atoms with Crippen molar-refractivity contribution in [2.24, 2.45) is 0 Å². The first-order valence-corrected chi connectivity index (χ1v) is 7.78. The van der Waals surface area contributed by atoms with Crippen LogP contribution in [-0.2, 0) is 4.74 Å². The Morgan fingerprint density at radius 1 is 1.00 bits per heavy atom. The normalized spacial score (nSPS) is 11.1. The summed E-state index contributed by atoms with van der Waals surface area (Å²) in [6.45, 7) is 0. The third kappa shape index (κ3) is 1.84. The minimum absolute atomic E-state index is 0.287. The van der Waals surface area contributed by atoms with Gasteiger partial charge in [0.15, 0.2) is 0 Å². The molecule has 2 heterocycles. The fraction of sp³-hybridized carbons (Fsp3) is 0.0556. The van der Waals surface area contributed by atoms with Crippen LogP contribution in [0.15, 0.2) is 60.7 Å². The molecule has 4 rings (SSSR count). The lowest BCUT2D eigenvalue weighted by molar-refractivity contribution is 0.0606. The van der Waals surface area contributed by atoms with Gasteiger partial charge >= 0.3 is 5.97 Å². The molecular weight excluding hydrogens is 294 g/mol. The van der Waals surface area contributed by atoms with Crippen LogP contribution in [0.2, 0.25) is 0 Å². The maximum Gasteiger partial charge on any atom is 0.348 e. The van der Waals surface area contributed by atoms with Gasteiger partial charge in [0, 0.05) is 16.5 Å². The first-order valence-electron chi connectivity index (χ1n) is 6.96. The first kappa shape index (κ1) is 13.1. The Morgan fingerprint density at radius 3 is 2.50 bits per heavy atom. The molecule has 0 atom stereocenters. The number of carbonyl (C=O) groups excluding carboxylic acids is 1. The van der Waals surface area contributed by atoms with Crippen LogP contribution in [0.1, 0.15) is 9.67 Å². The van der Waals surface area contributed by atoms with Gasteiger partial charge in [-0.25, -0.2) is 4.79 Å². The van der Waals surface area contributed by atoms with Crippen LogP contribution in [-0.4, -0.2) is 17.6 Å². The fourth-order valence-corrected chi connectivity index (χ4v) is 3.91. The molecule has 4 heteroatoms. The number of para-hydroxylation sites is 2. The quantitative estimate of drug-likeness (QED) is 0.505. The second-order valence-corrected chi connectivity index (χ2v) is 6.04. The number of thiophene rings is 1. The largest absolute Gasteiger partial charge is 0.465 e. The van der Waals surface area contributed by atoms with Crippen molar-refractivity contribution >= 4 is 38.4 Å². The summed E-state index contributed by atoms with van der Waals surface area (Å²) in [7, 11) is 1.41. The van der Waals surface area contributed by atoms with Crippen molar-refractivity contribution in [2.45, 2.75) is 0 Å². The van der Waals surface area contributed by atoms with Crippen LogP contribution in [0.4, 0.5) is 0 Å². The average molecular weight is 307 g/mol. The van der Waals surface area contributed by atoms with Crippen LogP contribution in [0, 0.1) is 0 Å². The number of carbonyl (C=O) groups is 1. The summed E-state index contributed by atoms with van der Waals surface area (Å²) in [4.78, 5) is 13.5. The van der Waals surface area contributed by atoms with E-state index in [-0.39, 0.29) is 5.97 Å². The molecule has 2 aromatic heterocycles. The molecule has 0 aliphatic heterocycles. The lowest BCUT2D eigenvalue weighted by Crippen LogP contribution is -1.97. The summed E-state index contributed by atoms with van der Waals surface area (Å²) >= 11 is 1.47. The molecule has 0 bridgehead atoms. The number of esters is 1. The molecule has 2 aromatic carbocycles. The van der Waals surface area contributed by atoms with E-state index in [0.29, 0.717) is 4.88 Å². The lowest BCUT2D eigenvalue weighted by Gasteiger charge is -2.06. The van der Waals surface area contributed by atoms with Crippen LogP contribution in [0.5, 0.6) is 0 Å². The summed E-state index contributed by atoms with van der Waals surface area (Å²) < 4.78 is 7.05. The number of hydrogen-bond acceptors (Lipinski definition) is 3. The monoisotopic (exact) mass is 307 g/mol. The maximum atomic E-state index is 11.8. The molecule has 3 nitrogen and oxygen atoms in total. The number of fused-ring (bicyclic) bond motifs is 3. The fourth-order valence-electron chi connectivity index (χ4n) is 2.78. The number of rotatable bonds is 2. The van der Waals surface area contributed by atoms with E-state index < -0.39 is 0 Å². The average Bonchev–Trinajstić information content (AvgIpc) is 3.12.